The Morgan fingerprint density at radius 3 is 2.20 bits per heavy atom. The molecule has 40 heavy (non-hydrogen) atoms. The Balaban J connectivity index is 2.17. The van der Waals surface area contributed by atoms with Crippen LogP contribution in [0.4, 0.5) is 5.69 Å². The first-order chi connectivity index (χ1) is 18.9. The summed E-state index contributed by atoms with van der Waals surface area (Å²) in [6.07, 6.45) is 3.51. The predicted octanol–water partition coefficient (Wildman–Crippen LogP) is 3.69. The molecule has 1 aromatic carbocycles. The maximum absolute atomic E-state index is 13.9. The van der Waals surface area contributed by atoms with Gasteiger partial charge in [-0.3, -0.25) is 14.1 Å². The molecule has 0 radical (unpaired) electrons. The molecule has 2 atom stereocenters. The van der Waals surface area contributed by atoms with Crippen molar-refractivity contribution < 1.29 is 27.7 Å². The van der Waals surface area contributed by atoms with Gasteiger partial charge in [0.2, 0.25) is 15.9 Å². The first-order valence-electron chi connectivity index (χ1n) is 13.0. The predicted molar refractivity (Wildman–Crippen MR) is 151 cm³/mol. The van der Waals surface area contributed by atoms with Gasteiger partial charge < -0.3 is 19.3 Å². The number of unbranched alkanes of at least 4 members (excludes halogenated alkanes) is 1. The van der Waals surface area contributed by atoms with Gasteiger partial charge in [0.15, 0.2) is 11.5 Å². The Hall–Kier alpha value is -3.71. The van der Waals surface area contributed by atoms with Crippen molar-refractivity contribution in [1.29, 1.82) is 0 Å². The summed E-state index contributed by atoms with van der Waals surface area (Å²) < 4.78 is 47.6. The van der Waals surface area contributed by atoms with Crippen LogP contribution in [0.15, 0.2) is 35.4 Å². The molecular formula is C27H37N5O7S. The number of aromatic nitrogens is 4. The van der Waals surface area contributed by atoms with Crippen LogP contribution in [0.2, 0.25) is 0 Å². The average Bonchev–Trinajstić information content (AvgIpc) is 2.92. The van der Waals surface area contributed by atoms with Gasteiger partial charge in [-0.15, -0.1) is 0 Å². The van der Waals surface area contributed by atoms with Crippen molar-refractivity contribution in [1.82, 2.24) is 19.5 Å². The van der Waals surface area contributed by atoms with E-state index in [0.717, 1.165) is 12.0 Å². The summed E-state index contributed by atoms with van der Waals surface area (Å²) in [5.41, 5.74) is -0.427. The van der Waals surface area contributed by atoms with Gasteiger partial charge in [-0.1, -0.05) is 19.4 Å². The first-order valence-corrected chi connectivity index (χ1v) is 14.5. The number of para-hydroxylation sites is 1. The van der Waals surface area contributed by atoms with E-state index >= 15 is 0 Å². The van der Waals surface area contributed by atoms with E-state index in [1.165, 1.54) is 25.7 Å². The van der Waals surface area contributed by atoms with Crippen LogP contribution in [0.25, 0.3) is 5.69 Å². The standard InChI is InChI=1S/C27H37N5O7S/c1-8-9-13-21-30-26(33)22(27(34)32(21)23-19(37-6)11-10-12-20(23)38-7)31-40(35,36)18(5)24(39-16(2)3)25-28-14-17(4)15-29-25/h10-12,14-16,18,24,31,33H,8-9,13H2,1-7H3/t18-,24+/m0/s1. The summed E-state index contributed by atoms with van der Waals surface area (Å²) in [7, 11) is -1.47. The number of hydrogen-bond acceptors (Lipinski definition) is 10. The lowest BCUT2D eigenvalue weighted by Gasteiger charge is -2.26. The number of nitrogens with zero attached hydrogens (tertiary/aromatic N) is 4. The maximum atomic E-state index is 13.9. The summed E-state index contributed by atoms with van der Waals surface area (Å²) in [6.45, 7) is 8.73. The fourth-order valence-electron chi connectivity index (χ4n) is 4.05. The lowest BCUT2D eigenvalue weighted by molar-refractivity contribution is 0.00152. The van der Waals surface area contributed by atoms with E-state index in [-0.39, 0.29) is 23.4 Å². The molecule has 2 N–H and O–H groups in total. The highest BCUT2D eigenvalue weighted by Gasteiger charge is 2.36. The van der Waals surface area contributed by atoms with E-state index in [4.69, 9.17) is 14.2 Å². The number of methoxy groups -OCH3 is 2. The summed E-state index contributed by atoms with van der Waals surface area (Å²) in [4.78, 5) is 26.7. The minimum absolute atomic E-state index is 0.172. The number of rotatable bonds is 13. The molecule has 0 saturated heterocycles. The monoisotopic (exact) mass is 575 g/mol. The SMILES string of the molecule is CCCCc1nc(O)c(NS(=O)(=O)[C@@H](C)[C@@H](OC(C)C)c2ncc(C)cn2)c(=O)n1-c1c(OC)cccc1OC. The van der Waals surface area contributed by atoms with E-state index in [2.05, 4.69) is 19.7 Å². The van der Waals surface area contributed by atoms with Crippen LogP contribution in [0.3, 0.4) is 0 Å². The third kappa shape index (κ3) is 6.70. The van der Waals surface area contributed by atoms with Crippen molar-refractivity contribution >= 4 is 15.7 Å². The number of benzene rings is 1. The number of anilines is 1. The molecule has 0 aliphatic heterocycles. The zero-order chi connectivity index (χ0) is 29.6. The van der Waals surface area contributed by atoms with Gasteiger partial charge in [0.1, 0.15) is 34.4 Å². The van der Waals surface area contributed by atoms with Crippen LogP contribution in [-0.4, -0.2) is 58.6 Å². The molecule has 13 heteroatoms. The number of aromatic hydroxyl groups is 1. The van der Waals surface area contributed by atoms with Crippen LogP contribution < -0.4 is 19.8 Å². The van der Waals surface area contributed by atoms with E-state index in [0.29, 0.717) is 24.3 Å². The van der Waals surface area contributed by atoms with Crippen LogP contribution in [0.1, 0.15) is 63.9 Å². The molecule has 0 bridgehead atoms. The Morgan fingerprint density at radius 1 is 1.07 bits per heavy atom. The number of nitrogens with one attached hydrogen (secondary N) is 1. The van der Waals surface area contributed by atoms with Gasteiger partial charge in [0, 0.05) is 18.8 Å². The molecule has 2 aromatic heterocycles. The molecule has 0 aliphatic rings. The highest BCUT2D eigenvalue weighted by molar-refractivity contribution is 7.93. The van der Waals surface area contributed by atoms with Crippen molar-refractivity contribution in [2.45, 2.75) is 71.3 Å². The highest BCUT2D eigenvalue weighted by Crippen LogP contribution is 2.34. The summed E-state index contributed by atoms with van der Waals surface area (Å²) >= 11 is 0. The van der Waals surface area contributed by atoms with E-state index in [1.807, 2.05) is 13.8 Å². The molecule has 12 nitrogen and oxygen atoms in total. The fraction of sp³-hybridized carbons (Fsp3) is 0.481. The topological polar surface area (TPSA) is 155 Å². The second kappa shape index (κ2) is 13.1. The van der Waals surface area contributed by atoms with Crippen molar-refractivity contribution in [3.05, 3.63) is 58.2 Å². The van der Waals surface area contributed by atoms with Gasteiger partial charge in [-0.05, 0) is 51.8 Å². The maximum Gasteiger partial charge on any atom is 0.286 e. The number of sulfonamides is 1. The second-order valence-corrected chi connectivity index (χ2v) is 11.6. The molecule has 0 spiro atoms. The first kappa shape index (κ1) is 30.8. The molecule has 0 aliphatic carbocycles. The van der Waals surface area contributed by atoms with Gasteiger partial charge >= 0.3 is 0 Å². The van der Waals surface area contributed by atoms with E-state index in [9.17, 15) is 18.3 Å². The molecule has 2 heterocycles. The van der Waals surface area contributed by atoms with E-state index in [1.54, 1.807) is 44.4 Å². The summed E-state index contributed by atoms with van der Waals surface area (Å²) in [6, 6.07) is 4.98. The van der Waals surface area contributed by atoms with Gasteiger partial charge in [-0.25, -0.2) is 18.4 Å². The Bertz CT molecular complexity index is 1450. The molecule has 0 fully saturated rings. The Labute approximate surface area is 234 Å². The minimum Gasteiger partial charge on any atom is -0.494 e. The van der Waals surface area contributed by atoms with Crippen molar-refractivity contribution in [2.75, 3.05) is 18.9 Å². The van der Waals surface area contributed by atoms with Gasteiger partial charge in [-0.2, -0.15) is 4.98 Å². The Kier molecular flexibility index (Phi) is 10.1. The molecular weight excluding hydrogens is 538 g/mol. The zero-order valence-electron chi connectivity index (χ0n) is 23.8. The molecule has 0 saturated carbocycles. The molecule has 3 aromatic rings. The highest BCUT2D eigenvalue weighted by atomic mass is 32.2. The summed E-state index contributed by atoms with van der Waals surface area (Å²) in [5, 5.41) is 9.54. The van der Waals surface area contributed by atoms with Crippen molar-refractivity contribution in [3.63, 3.8) is 0 Å². The zero-order valence-corrected chi connectivity index (χ0v) is 24.7. The van der Waals surface area contributed by atoms with Gasteiger partial charge in [0.05, 0.1) is 20.3 Å². The van der Waals surface area contributed by atoms with Gasteiger partial charge in [0.25, 0.3) is 5.56 Å². The molecule has 0 amide bonds. The smallest absolute Gasteiger partial charge is 0.286 e. The molecule has 3 rings (SSSR count). The number of hydrogen-bond donors (Lipinski definition) is 2. The molecule has 0 unspecified atom stereocenters. The van der Waals surface area contributed by atoms with Crippen LogP contribution in [-0.2, 0) is 21.2 Å². The quantitative estimate of drug-likeness (QED) is 0.308. The third-order valence-electron chi connectivity index (χ3n) is 6.15. The van der Waals surface area contributed by atoms with Crippen molar-refractivity contribution in [2.24, 2.45) is 0 Å². The average molecular weight is 576 g/mol. The van der Waals surface area contributed by atoms with Crippen LogP contribution in [0.5, 0.6) is 17.4 Å². The largest absolute Gasteiger partial charge is 0.494 e. The second-order valence-electron chi connectivity index (χ2n) is 9.56. The lowest BCUT2D eigenvalue weighted by atomic mass is 10.2. The minimum atomic E-state index is -4.35. The Morgan fingerprint density at radius 2 is 1.68 bits per heavy atom. The van der Waals surface area contributed by atoms with Crippen LogP contribution >= 0.6 is 0 Å². The summed E-state index contributed by atoms with van der Waals surface area (Å²) in [5.74, 6) is 0.249. The van der Waals surface area contributed by atoms with Crippen LogP contribution in [0, 0.1) is 6.92 Å². The normalized spacial score (nSPS) is 13.2. The van der Waals surface area contributed by atoms with Crippen molar-refractivity contribution in [3.8, 4) is 23.1 Å². The number of ether oxygens (including phenoxy) is 3. The lowest BCUT2D eigenvalue weighted by Crippen LogP contribution is -2.37. The fourth-order valence-corrected chi connectivity index (χ4v) is 5.21. The number of aryl methyl sites for hydroxylation is 2. The molecule has 218 valence electrons. The van der Waals surface area contributed by atoms with E-state index < -0.39 is 38.5 Å². The third-order valence-corrected chi connectivity index (χ3v) is 7.86.